The van der Waals surface area contributed by atoms with Crippen LogP contribution in [-0.2, 0) is 11.3 Å². The van der Waals surface area contributed by atoms with Crippen LogP contribution in [0.15, 0.2) is 16.9 Å². The van der Waals surface area contributed by atoms with Crippen molar-refractivity contribution in [2.24, 2.45) is 0 Å². The molecular formula is C10H15N3O2. The van der Waals surface area contributed by atoms with Crippen LogP contribution >= 0.6 is 0 Å². The second-order valence-corrected chi connectivity index (χ2v) is 3.71. The van der Waals surface area contributed by atoms with E-state index in [1.807, 2.05) is 0 Å². The second-order valence-electron chi connectivity index (χ2n) is 3.71. The first kappa shape index (κ1) is 10.2. The van der Waals surface area contributed by atoms with Crippen LogP contribution in [0.25, 0.3) is 0 Å². The van der Waals surface area contributed by atoms with Gasteiger partial charge in [0, 0.05) is 6.07 Å². The molecule has 1 aromatic rings. The monoisotopic (exact) mass is 209 g/mol. The highest BCUT2D eigenvalue weighted by molar-refractivity contribution is 5.81. The maximum absolute atomic E-state index is 11.7. The quantitative estimate of drug-likeness (QED) is 0.757. The molecule has 1 saturated heterocycles. The topological polar surface area (TPSA) is 67.2 Å². The van der Waals surface area contributed by atoms with Crippen molar-refractivity contribution in [1.29, 1.82) is 0 Å². The minimum atomic E-state index is -0.0364. The van der Waals surface area contributed by atoms with Crippen molar-refractivity contribution in [3.05, 3.63) is 18.0 Å². The summed E-state index contributed by atoms with van der Waals surface area (Å²) in [4.78, 5) is 11.7. The van der Waals surface area contributed by atoms with Gasteiger partial charge in [0.05, 0.1) is 12.6 Å². The number of amides is 1. The number of hydrogen-bond donors (Lipinski definition) is 2. The van der Waals surface area contributed by atoms with E-state index in [-0.39, 0.29) is 11.9 Å². The van der Waals surface area contributed by atoms with E-state index in [9.17, 15) is 4.79 Å². The Labute approximate surface area is 88.2 Å². The molecule has 2 rings (SSSR count). The lowest BCUT2D eigenvalue weighted by atomic mass is 10.0. The van der Waals surface area contributed by atoms with E-state index in [2.05, 4.69) is 20.3 Å². The summed E-state index contributed by atoms with van der Waals surface area (Å²) in [5.74, 6) is 0.0534. The number of nitrogens with one attached hydrogen (secondary N) is 2. The predicted molar refractivity (Wildman–Crippen MR) is 54.0 cm³/mol. The van der Waals surface area contributed by atoms with Gasteiger partial charge in [-0.1, -0.05) is 11.6 Å². The molecule has 1 atom stereocenters. The van der Waals surface area contributed by atoms with Crippen LogP contribution in [0.1, 0.15) is 25.0 Å². The molecule has 1 aliphatic heterocycles. The summed E-state index contributed by atoms with van der Waals surface area (Å²) in [5, 5.41) is 9.75. The highest BCUT2D eigenvalue weighted by Crippen LogP contribution is 2.06. The van der Waals surface area contributed by atoms with Gasteiger partial charge in [-0.2, -0.15) is 0 Å². The fourth-order valence-corrected chi connectivity index (χ4v) is 1.71. The van der Waals surface area contributed by atoms with Crippen molar-refractivity contribution >= 4 is 5.91 Å². The van der Waals surface area contributed by atoms with Gasteiger partial charge >= 0.3 is 0 Å². The van der Waals surface area contributed by atoms with Crippen LogP contribution < -0.4 is 10.6 Å². The first-order chi connectivity index (χ1) is 7.36. The third kappa shape index (κ3) is 2.79. The van der Waals surface area contributed by atoms with Gasteiger partial charge in [-0.25, -0.2) is 0 Å². The molecule has 82 valence electrons. The number of nitrogens with zero attached hydrogens (tertiary/aromatic N) is 1. The number of carbonyl (C=O) groups excluding carboxylic acids is 1. The lowest BCUT2D eigenvalue weighted by molar-refractivity contribution is -0.123. The Bertz CT molecular complexity index is 304. The minimum absolute atomic E-state index is 0.0364. The molecule has 1 aliphatic rings. The second kappa shape index (κ2) is 4.93. The largest absolute Gasteiger partial charge is 0.364 e. The molecule has 2 heterocycles. The molecule has 0 unspecified atom stereocenters. The normalized spacial score (nSPS) is 21.2. The van der Waals surface area contributed by atoms with Gasteiger partial charge in [-0.05, 0) is 19.4 Å². The lowest BCUT2D eigenvalue weighted by Gasteiger charge is -2.22. The zero-order valence-electron chi connectivity index (χ0n) is 8.53. The summed E-state index contributed by atoms with van der Waals surface area (Å²) in [6.07, 6.45) is 4.70. The van der Waals surface area contributed by atoms with Crippen LogP contribution in [-0.4, -0.2) is 23.7 Å². The van der Waals surface area contributed by atoms with E-state index < -0.39 is 0 Å². The Morgan fingerprint density at radius 3 is 3.27 bits per heavy atom. The van der Waals surface area contributed by atoms with Crippen molar-refractivity contribution in [3.8, 4) is 0 Å². The molecule has 1 amide bonds. The maximum atomic E-state index is 11.7. The Morgan fingerprint density at radius 1 is 1.67 bits per heavy atom. The van der Waals surface area contributed by atoms with Crippen molar-refractivity contribution in [3.63, 3.8) is 0 Å². The highest BCUT2D eigenvalue weighted by atomic mass is 16.5. The Balaban J connectivity index is 1.76. The first-order valence-corrected chi connectivity index (χ1v) is 5.26. The molecule has 0 aliphatic carbocycles. The Hall–Kier alpha value is -1.36. The molecule has 15 heavy (non-hydrogen) atoms. The highest BCUT2D eigenvalue weighted by Gasteiger charge is 2.19. The molecule has 1 aromatic heterocycles. The van der Waals surface area contributed by atoms with Crippen LogP contribution in [0.5, 0.6) is 0 Å². The van der Waals surface area contributed by atoms with Crippen LogP contribution in [0.3, 0.4) is 0 Å². The molecular weight excluding hydrogens is 194 g/mol. The zero-order valence-corrected chi connectivity index (χ0v) is 8.53. The van der Waals surface area contributed by atoms with Crippen LogP contribution in [0.4, 0.5) is 0 Å². The van der Waals surface area contributed by atoms with E-state index in [1.165, 1.54) is 6.26 Å². The number of carbonyl (C=O) groups is 1. The van der Waals surface area contributed by atoms with Gasteiger partial charge in [0.2, 0.25) is 5.91 Å². The molecule has 5 heteroatoms. The molecule has 0 saturated carbocycles. The van der Waals surface area contributed by atoms with Crippen molar-refractivity contribution in [2.75, 3.05) is 6.54 Å². The molecule has 0 spiro atoms. The first-order valence-electron chi connectivity index (χ1n) is 5.26. The number of piperidine rings is 1. The predicted octanol–water partition coefficient (Wildman–Crippen LogP) is 0.433. The average molecular weight is 209 g/mol. The Morgan fingerprint density at radius 2 is 2.60 bits per heavy atom. The molecule has 2 N–H and O–H groups in total. The smallest absolute Gasteiger partial charge is 0.237 e. The molecule has 0 aromatic carbocycles. The van der Waals surface area contributed by atoms with Gasteiger partial charge in [0.1, 0.15) is 12.0 Å². The number of aromatic nitrogens is 1. The zero-order chi connectivity index (χ0) is 10.5. The van der Waals surface area contributed by atoms with E-state index in [1.54, 1.807) is 6.07 Å². The molecule has 5 nitrogen and oxygen atoms in total. The van der Waals surface area contributed by atoms with E-state index in [0.717, 1.165) is 31.5 Å². The number of rotatable bonds is 3. The Kier molecular flexibility index (Phi) is 3.34. The number of hydrogen-bond acceptors (Lipinski definition) is 4. The van der Waals surface area contributed by atoms with Crippen LogP contribution in [0, 0.1) is 0 Å². The maximum Gasteiger partial charge on any atom is 0.237 e. The average Bonchev–Trinajstić information content (AvgIpc) is 2.80. The van der Waals surface area contributed by atoms with E-state index in [4.69, 9.17) is 0 Å². The van der Waals surface area contributed by atoms with Gasteiger partial charge in [-0.15, -0.1) is 0 Å². The summed E-state index contributed by atoms with van der Waals surface area (Å²) in [7, 11) is 0. The summed E-state index contributed by atoms with van der Waals surface area (Å²) in [6, 6.07) is 1.71. The molecule has 0 radical (unpaired) electrons. The van der Waals surface area contributed by atoms with Crippen molar-refractivity contribution in [1.82, 2.24) is 15.8 Å². The fourth-order valence-electron chi connectivity index (χ4n) is 1.71. The molecule has 0 bridgehead atoms. The summed E-state index contributed by atoms with van der Waals surface area (Å²) < 4.78 is 4.68. The summed E-state index contributed by atoms with van der Waals surface area (Å²) >= 11 is 0. The lowest BCUT2D eigenvalue weighted by Crippen LogP contribution is -2.46. The van der Waals surface area contributed by atoms with E-state index in [0.29, 0.717) is 6.54 Å². The molecule has 1 fully saturated rings. The third-order valence-electron chi connectivity index (χ3n) is 2.56. The van der Waals surface area contributed by atoms with Crippen molar-refractivity contribution in [2.45, 2.75) is 31.8 Å². The summed E-state index contributed by atoms with van der Waals surface area (Å²) in [6.45, 7) is 1.37. The van der Waals surface area contributed by atoms with E-state index >= 15 is 0 Å². The van der Waals surface area contributed by atoms with Gasteiger partial charge in [0.25, 0.3) is 0 Å². The van der Waals surface area contributed by atoms with Gasteiger partial charge in [0.15, 0.2) is 0 Å². The van der Waals surface area contributed by atoms with Crippen molar-refractivity contribution < 1.29 is 9.32 Å². The summed E-state index contributed by atoms with van der Waals surface area (Å²) in [5.41, 5.74) is 0.749. The SMILES string of the molecule is O=C(NCc1ccon1)[C@H]1CCCCN1. The standard InChI is InChI=1S/C10H15N3O2/c14-10(9-3-1-2-5-11-9)12-7-8-4-6-15-13-8/h4,6,9,11H,1-3,5,7H2,(H,12,14)/t9-/m1/s1. The van der Waals surface area contributed by atoms with Crippen LogP contribution in [0.2, 0.25) is 0 Å². The fraction of sp³-hybridized carbons (Fsp3) is 0.600. The van der Waals surface area contributed by atoms with Gasteiger partial charge in [-0.3, -0.25) is 4.79 Å². The van der Waals surface area contributed by atoms with Gasteiger partial charge < -0.3 is 15.2 Å². The third-order valence-corrected chi connectivity index (χ3v) is 2.56. The minimum Gasteiger partial charge on any atom is -0.364 e.